The van der Waals surface area contributed by atoms with Gasteiger partial charge in [-0.1, -0.05) is 20.8 Å². The van der Waals surface area contributed by atoms with Crippen molar-refractivity contribution in [2.75, 3.05) is 13.7 Å². The Balaban J connectivity index is 2.28. The van der Waals surface area contributed by atoms with E-state index in [0.29, 0.717) is 29.6 Å². The Morgan fingerprint density at radius 3 is 2.42 bits per heavy atom. The highest BCUT2D eigenvalue weighted by atomic mass is 16.5. The van der Waals surface area contributed by atoms with Crippen LogP contribution in [0.3, 0.4) is 0 Å². The Hall–Kier alpha value is -2.60. The first-order valence-electron chi connectivity index (χ1n) is 7.65. The van der Waals surface area contributed by atoms with Crippen molar-refractivity contribution >= 4 is 5.84 Å². The quantitative estimate of drug-likeness (QED) is 0.497. The zero-order valence-electron chi connectivity index (χ0n) is 14.4. The SMILES string of the molecule is COc1ccc(Oc2ncccc2C(=NCC(C)(C)C)NO)cc1. The summed E-state index contributed by atoms with van der Waals surface area (Å²) in [5.41, 5.74) is 2.73. The Kier molecular flexibility index (Phi) is 5.76. The van der Waals surface area contributed by atoms with Crippen LogP contribution in [0.15, 0.2) is 47.6 Å². The van der Waals surface area contributed by atoms with Crippen LogP contribution in [-0.4, -0.2) is 29.7 Å². The molecule has 0 spiro atoms. The standard InChI is InChI=1S/C18H23N3O3/c1-18(2,3)12-20-16(21-22)15-6-5-11-19-17(15)24-14-9-7-13(23-4)8-10-14/h5-11,22H,12H2,1-4H3,(H,20,21). The molecule has 0 aliphatic rings. The van der Waals surface area contributed by atoms with Gasteiger partial charge in [-0.2, -0.15) is 0 Å². The summed E-state index contributed by atoms with van der Waals surface area (Å²) in [5, 5.41) is 9.45. The first kappa shape index (κ1) is 17.7. The average Bonchev–Trinajstić information content (AvgIpc) is 2.56. The lowest BCUT2D eigenvalue weighted by atomic mass is 9.97. The summed E-state index contributed by atoms with van der Waals surface area (Å²) >= 11 is 0. The van der Waals surface area contributed by atoms with Crippen molar-refractivity contribution in [3.8, 4) is 17.4 Å². The fraction of sp³-hybridized carbons (Fsp3) is 0.333. The van der Waals surface area contributed by atoms with Gasteiger partial charge in [-0.05, 0) is 41.8 Å². The van der Waals surface area contributed by atoms with E-state index < -0.39 is 0 Å². The summed E-state index contributed by atoms with van der Waals surface area (Å²) in [6.07, 6.45) is 1.63. The number of hydrogen-bond donors (Lipinski definition) is 2. The number of aromatic nitrogens is 1. The number of amidine groups is 1. The van der Waals surface area contributed by atoms with Gasteiger partial charge in [0.25, 0.3) is 0 Å². The summed E-state index contributed by atoms with van der Waals surface area (Å²) in [5.74, 6) is 2.04. The van der Waals surface area contributed by atoms with E-state index in [0.717, 1.165) is 5.75 Å². The van der Waals surface area contributed by atoms with Gasteiger partial charge in [-0.15, -0.1) is 0 Å². The molecule has 0 saturated carbocycles. The van der Waals surface area contributed by atoms with E-state index in [1.165, 1.54) is 0 Å². The predicted octanol–water partition coefficient (Wildman–Crippen LogP) is 3.65. The summed E-state index contributed by atoms with van der Waals surface area (Å²) in [7, 11) is 1.61. The number of pyridine rings is 1. The number of ether oxygens (including phenoxy) is 2. The van der Waals surface area contributed by atoms with Crippen molar-refractivity contribution in [1.29, 1.82) is 0 Å². The molecular weight excluding hydrogens is 306 g/mol. The first-order chi connectivity index (χ1) is 11.4. The maximum atomic E-state index is 9.45. The van der Waals surface area contributed by atoms with E-state index in [2.05, 4.69) is 36.2 Å². The minimum Gasteiger partial charge on any atom is -0.497 e. The summed E-state index contributed by atoms with van der Waals surface area (Å²) in [6, 6.07) is 10.7. The smallest absolute Gasteiger partial charge is 0.230 e. The Labute approximate surface area is 142 Å². The Morgan fingerprint density at radius 2 is 1.83 bits per heavy atom. The molecule has 24 heavy (non-hydrogen) atoms. The molecule has 6 heteroatoms. The van der Waals surface area contributed by atoms with Crippen LogP contribution >= 0.6 is 0 Å². The van der Waals surface area contributed by atoms with Crippen molar-refractivity contribution < 1.29 is 14.7 Å². The minimum absolute atomic E-state index is 0.00130. The van der Waals surface area contributed by atoms with Crippen LogP contribution in [0.1, 0.15) is 26.3 Å². The van der Waals surface area contributed by atoms with E-state index in [1.807, 2.05) is 0 Å². The van der Waals surface area contributed by atoms with E-state index >= 15 is 0 Å². The topological polar surface area (TPSA) is 76.0 Å². The van der Waals surface area contributed by atoms with Crippen LogP contribution in [-0.2, 0) is 0 Å². The second-order valence-corrected chi connectivity index (χ2v) is 6.47. The van der Waals surface area contributed by atoms with Gasteiger partial charge in [0.15, 0.2) is 5.84 Å². The van der Waals surface area contributed by atoms with E-state index in [-0.39, 0.29) is 5.41 Å². The lowest BCUT2D eigenvalue weighted by molar-refractivity contribution is 0.233. The molecule has 0 atom stereocenters. The fourth-order valence-electron chi connectivity index (χ4n) is 1.90. The van der Waals surface area contributed by atoms with E-state index in [9.17, 15) is 5.21 Å². The average molecular weight is 329 g/mol. The highest BCUT2D eigenvalue weighted by molar-refractivity contribution is 6.00. The maximum Gasteiger partial charge on any atom is 0.230 e. The van der Waals surface area contributed by atoms with Gasteiger partial charge in [0.05, 0.1) is 12.7 Å². The molecule has 0 aliphatic carbocycles. The van der Waals surface area contributed by atoms with Gasteiger partial charge >= 0.3 is 0 Å². The van der Waals surface area contributed by atoms with Crippen molar-refractivity contribution in [2.24, 2.45) is 10.4 Å². The third kappa shape index (κ3) is 4.96. The highest BCUT2D eigenvalue weighted by Gasteiger charge is 2.15. The van der Waals surface area contributed by atoms with E-state index in [4.69, 9.17) is 9.47 Å². The van der Waals surface area contributed by atoms with Gasteiger partial charge in [0.2, 0.25) is 5.88 Å². The number of methoxy groups -OCH3 is 1. The molecule has 0 radical (unpaired) electrons. The molecule has 2 N–H and O–H groups in total. The summed E-state index contributed by atoms with van der Waals surface area (Å²) in [4.78, 5) is 8.67. The van der Waals surface area contributed by atoms with Crippen LogP contribution in [0.5, 0.6) is 17.4 Å². The summed E-state index contributed by atoms with van der Waals surface area (Å²) < 4.78 is 11.0. The monoisotopic (exact) mass is 329 g/mol. The van der Waals surface area contributed by atoms with Crippen molar-refractivity contribution in [2.45, 2.75) is 20.8 Å². The molecule has 2 aromatic rings. The van der Waals surface area contributed by atoms with Gasteiger partial charge in [0.1, 0.15) is 11.5 Å². The normalized spacial score (nSPS) is 12.0. The fourth-order valence-corrected chi connectivity index (χ4v) is 1.90. The largest absolute Gasteiger partial charge is 0.497 e. The van der Waals surface area contributed by atoms with Crippen LogP contribution in [0, 0.1) is 5.41 Å². The number of hydrogen-bond acceptors (Lipinski definition) is 5. The highest BCUT2D eigenvalue weighted by Crippen LogP contribution is 2.25. The molecule has 1 heterocycles. The Bertz CT molecular complexity index is 691. The van der Waals surface area contributed by atoms with Gasteiger partial charge in [-0.3, -0.25) is 15.7 Å². The molecule has 6 nitrogen and oxygen atoms in total. The summed E-state index contributed by atoms with van der Waals surface area (Å²) in [6.45, 7) is 6.77. The number of aliphatic imine (C=N–C) groups is 1. The molecule has 0 fully saturated rings. The second-order valence-electron chi connectivity index (χ2n) is 6.47. The van der Waals surface area contributed by atoms with Crippen molar-refractivity contribution in [1.82, 2.24) is 10.5 Å². The number of nitrogens with zero attached hydrogens (tertiary/aromatic N) is 2. The van der Waals surface area contributed by atoms with Gasteiger partial charge < -0.3 is 9.47 Å². The van der Waals surface area contributed by atoms with Crippen LogP contribution in [0.4, 0.5) is 0 Å². The molecule has 0 aliphatic heterocycles. The van der Waals surface area contributed by atoms with Crippen LogP contribution in [0.2, 0.25) is 0 Å². The van der Waals surface area contributed by atoms with Crippen LogP contribution in [0.25, 0.3) is 0 Å². The molecule has 1 aromatic carbocycles. The third-order valence-corrected chi connectivity index (χ3v) is 3.12. The van der Waals surface area contributed by atoms with Gasteiger partial charge in [-0.25, -0.2) is 4.98 Å². The third-order valence-electron chi connectivity index (χ3n) is 3.12. The molecule has 1 aromatic heterocycles. The first-order valence-corrected chi connectivity index (χ1v) is 7.65. The molecule has 0 unspecified atom stereocenters. The Morgan fingerprint density at radius 1 is 1.17 bits per heavy atom. The maximum absolute atomic E-state index is 9.45. The molecule has 0 bridgehead atoms. The van der Waals surface area contributed by atoms with E-state index in [1.54, 1.807) is 49.7 Å². The molecular formula is C18H23N3O3. The molecule has 2 rings (SSSR count). The van der Waals surface area contributed by atoms with Crippen molar-refractivity contribution in [3.05, 3.63) is 48.2 Å². The zero-order valence-corrected chi connectivity index (χ0v) is 14.4. The lowest BCUT2D eigenvalue weighted by Gasteiger charge is -2.16. The minimum atomic E-state index is 0.00130. The zero-order chi connectivity index (χ0) is 17.6. The number of nitrogens with one attached hydrogen (secondary N) is 1. The molecule has 0 saturated heterocycles. The van der Waals surface area contributed by atoms with Crippen molar-refractivity contribution in [3.63, 3.8) is 0 Å². The predicted molar refractivity (Wildman–Crippen MR) is 93.1 cm³/mol. The second kappa shape index (κ2) is 7.79. The molecule has 0 amide bonds. The van der Waals surface area contributed by atoms with Crippen LogP contribution < -0.4 is 15.0 Å². The lowest BCUT2D eigenvalue weighted by Crippen LogP contribution is -2.23. The number of hydroxylamine groups is 1. The van der Waals surface area contributed by atoms with Gasteiger partial charge in [0, 0.05) is 12.7 Å². The number of rotatable bonds is 5. The molecule has 128 valence electrons. The number of benzene rings is 1.